The SMILES string of the molecule is O/C(=C\C(O)C(F)F)C(F)F. The molecule has 6 heteroatoms. The van der Waals surface area contributed by atoms with Gasteiger partial charge in [-0.1, -0.05) is 0 Å². The zero-order valence-electron chi connectivity index (χ0n) is 5.22. The molecule has 11 heavy (non-hydrogen) atoms. The average Bonchev–Trinajstić information content (AvgIpc) is 1.87. The molecule has 0 saturated heterocycles. The highest BCUT2D eigenvalue weighted by atomic mass is 19.3. The van der Waals surface area contributed by atoms with Crippen molar-refractivity contribution in [3.8, 4) is 0 Å². The first-order chi connectivity index (χ1) is 4.95. The molecule has 0 aromatic rings. The van der Waals surface area contributed by atoms with Crippen molar-refractivity contribution in [3.63, 3.8) is 0 Å². The molecule has 0 aliphatic heterocycles. The highest BCUT2D eigenvalue weighted by molar-refractivity contribution is 4.98. The molecule has 0 radical (unpaired) electrons. The fourth-order valence-electron chi connectivity index (χ4n) is 0.320. The van der Waals surface area contributed by atoms with Crippen LogP contribution in [0, 0.1) is 0 Å². The second-order valence-corrected chi connectivity index (χ2v) is 1.72. The molecule has 1 unspecified atom stereocenters. The lowest BCUT2D eigenvalue weighted by molar-refractivity contribution is 0.0195. The number of halogens is 4. The first-order valence-electron chi connectivity index (χ1n) is 2.60. The van der Waals surface area contributed by atoms with E-state index in [9.17, 15) is 17.6 Å². The molecule has 0 aromatic carbocycles. The van der Waals surface area contributed by atoms with Crippen molar-refractivity contribution in [2.45, 2.75) is 19.0 Å². The van der Waals surface area contributed by atoms with Gasteiger partial charge in [0.05, 0.1) is 0 Å². The van der Waals surface area contributed by atoms with Crippen LogP contribution in [0.2, 0.25) is 0 Å². The Labute approximate surface area is 59.8 Å². The molecule has 2 nitrogen and oxygen atoms in total. The smallest absolute Gasteiger partial charge is 0.294 e. The first-order valence-corrected chi connectivity index (χ1v) is 2.60. The third kappa shape index (κ3) is 3.82. The molecule has 1 atom stereocenters. The maximum Gasteiger partial charge on any atom is 0.294 e. The maximum atomic E-state index is 11.4. The summed E-state index contributed by atoms with van der Waals surface area (Å²) in [5.41, 5.74) is 0. The summed E-state index contributed by atoms with van der Waals surface area (Å²) in [6, 6.07) is 0. The van der Waals surface area contributed by atoms with Gasteiger partial charge >= 0.3 is 0 Å². The highest BCUT2D eigenvalue weighted by Gasteiger charge is 2.18. The fraction of sp³-hybridized carbons (Fsp3) is 0.600. The van der Waals surface area contributed by atoms with E-state index in [0.717, 1.165) is 0 Å². The Kier molecular flexibility index (Phi) is 3.88. The molecule has 0 fully saturated rings. The molecular weight excluding hydrogens is 168 g/mol. The van der Waals surface area contributed by atoms with Crippen LogP contribution in [0.4, 0.5) is 17.6 Å². The normalized spacial score (nSPS) is 16.1. The fourth-order valence-corrected chi connectivity index (χ4v) is 0.320. The number of allylic oxidation sites excluding steroid dienone is 1. The molecule has 0 aliphatic carbocycles. The second kappa shape index (κ2) is 4.17. The minimum Gasteiger partial charge on any atom is -0.507 e. The largest absolute Gasteiger partial charge is 0.507 e. The molecular formula is C5H6F4O2. The molecule has 0 saturated carbocycles. The summed E-state index contributed by atoms with van der Waals surface area (Å²) >= 11 is 0. The summed E-state index contributed by atoms with van der Waals surface area (Å²) in [5, 5.41) is 16.4. The summed E-state index contributed by atoms with van der Waals surface area (Å²) in [5.74, 6) is -1.54. The standard InChI is InChI=1S/C5H6F4O2/c6-4(7)2(10)1-3(11)5(8)9/h1-2,4-5,10-11H/b3-1-. The zero-order valence-corrected chi connectivity index (χ0v) is 5.22. The van der Waals surface area contributed by atoms with E-state index in [1.54, 1.807) is 0 Å². The summed E-state index contributed by atoms with van der Waals surface area (Å²) < 4.78 is 45.6. The van der Waals surface area contributed by atoms with Crippen LogP contribution >= 0.6 is 0 Å². The van der Waals surface area contributed by atoms with Gasteiger partial charge in [0.15, 0.2) is 5.76 Å². The van der Waals surface area contributed by atoms with Crippen molar-refractivity contribution < 1.29 is 27.8 Å². The third-order valence-electron chi connectivity index (χ3n) is 0.823. The number of aliphatic hydroxyl groups excluding tert-OH is 2. The molecule has 0 aromatic heterocycles. The van der Waals surface area contributed by atoms with Crippen LogP contribution in [0.25, 0.3) is 0 Å². The molecule has 2 N–H and O–H groups in total. The van der Waals surface area contributed by atoms with Gasteiger partial charge in [0, 0.05) is 0 Å². The molecule has 0 amide bonds. The number of alkyl halides is 4. The Morgan fingerprint density at radius 2 is 1.64 bits per heavy atom. The summed E-state index contributed by atoms with van der Waals surface area (Å²) in [4.78, 5) is 0. The van der Waals surface area contributed by atoms with Crippen LogP contribution in [-0.2, 0) is 0 Å². The van der Waals surface area contributed by atoms with Gasteiger partial charge < -0.3 is 10.2 Å². The minimum absolute atomic E-state index is 0.00926. The maximum absolute atomic E-state index is 11.4. The number of aliphatic hydroxyl groups is 2. The van der Waals surface area contributed by atoms with Crippen molar-refractivity contribution in [2.75, 3.05) is 0 Å². The van der Waals surface area contributed by atoms with Crippen LogP contribution in [0.5, 0.6) is 0 Å². The van der Waals surface area contributed by atoms with E-state index in [1.165, 1.54) is 0 Å². The lowest BCUT2D eigenvalue weighted by Crippen LogP contribution is -2.16. The van der Waals surface area contributed by atoms with Crippen molar-refractivity contribution >= 4 is 0 Å². The van der Waals surface area contributed by atoms with Crippen molar-refractivity contribution in [3.05, 3.63) is 11.8 Å². The van der Waals surface area contributed by atoms with Crippen molar-refractivity contribution in [1.82, 2.24) is 0 Å². The van der Waals surface area contributed by atoms with Gasteiger partial charge in [0.1, 0.15) is 6.10 Å². The lowest BCUT2D eigenvalue weighted by atomic mass is 10.3. The first kappa shape index (κ1) is 10.2. The Morgan fingerprint density at radius 3 is 1.91 bits per heavy atom. The second-order valence-electron chi connectivity index (χ2n) is 1.72. The van der Waals surface area contributed by atoms with Crippen LogP contribution in [0.15, 0.2) is 11.8 Å². The number of hydrogen-bond donors (Lipinski definition) is 2. The van der Waals surface area contributed by atoms with E-state index in [4.69, 9.17) is 10.2 Å². The zero-order chi connectivity index (χ0) is 9.02. The van der Waals surface area contributed by atoms with Gasteiger partial charge in [-0.25, -0.2) is 17.6 Å². The van der Waals surface area contributed by atoms with E-state index in [-0.39, 0.29) is 6.08 Å². The quantitative estimate of drug-likeness (QED) is 0.500. The van der Waals surface area contributed by atoms with E-state index in [2.05, 4.69) is 0 Å². The summed E-state index contributed by atoms with van der Waals surface area (Å²) in [6.07, 6.45) is -8.74. The van der Waals surface area contributed by atoms with Crippen LogP contribution in [-0.4, -0.2) is 29.2 Å². The highest BCUT2D eigenvalue weighted by Crippen LogP contribution is 2.09. The molecule has 0 heterocycles. The van der Waals surface area contributed by atoms with Crippen molar-refractivity contribution in [2.24, 2.45) is 0 Å². The Balaban J connectivity index is 4.07. The summed E-state index contributed by atoms with van der Waals surface area (Å²) in [7, 11) is 0. The topological polar surface area (TPSA) is 40.5 Å². The molecule has 0 rings (SSSR count). The molecule has 66 valence electrons. The molecule has 0 spiro atoms. The van der Waals surface area contributed by atoms with Crippen LogP contribution < -0.4 is 0 Å². The van der Waals surface area contributed by atoms with Gasteiger partial charge in [-0.05, 0) is 6.08 Å². The predicted octanol–water partition coefficient (Wildman–Crippen LogP) is 1.32. The Hall–Kier alpha value is -0.780. The number of rotatable bonds is 3. The molecule has 0 aliphatic rings. The van der Waals surface area contributed by atoms with Crippen LogP contribution in [0.1, 0.15) is 0 Å². The predicted molar refractivity (Wildman–Crippen MR) is 28.7 cm³/mol. The van der Waals surface area contributed by atoms with E-state index < -0.39 is 24.7 Å². The average molecular weight is 174 g/mol. The van der Waals surface area contributed by atoms with E-state index >= 15 is 0 Å². The van der Waals surface area contributed by atoms with E-state index in [1.807, 2.05) is 0 Å². The van der Waals surface area contributed by atoms with Gasteiger partial charge in [0.25, 0.3) is 12.9 Å². The Bertz CT molecular complexity index is 145. The minimum atomic E-state index is -3.23. The Morgan fingerprint density at radius 1 is 1.18 bits per heavy atom. The van der Waals surface area contributed by atoms with Crippen molar-refractivity contribution in [1.29, 1.82) is 0 Å². The van der Waals surface area contributed by atoms with Gasteiger partial charge in [-0.2, -0.15) is 0 Å². The number of hydrogen-bond acceptors (Lipinski definition) is 2. The van der Waals surface area contributed by atoms with Gasteiger partial charge in [0.2, 0.25) is 0 Å². The lowest BCUT2D eigenvalue weighted by Gasteiger charge is -2.04. The monoisotopic (exact) mass is 174 g/mol. The molecule has 0 bridgehead atoms. The van der Waals surface area contributed by atoms with Gasteiger partial charge in [-0.15, -0.1) is 0 Å². The van der Waals surface area contributed by atoms with E-state index in [0.29, 0.717) is 0 Å². The third-order valence-corrected chi connectivity index (χ3v) is 0.823. The van der Waals surface area contributed by atoms with Gasteiger partial charge in [-0.3, -0.25) is 0 Å². The summed E-state index contributed by atoms with van der Waals surface area (Å²) in [6.45, 7) is 0. The van der Waals surface area contributed by atoms with Crippen LogP contribution in [0.3, 0.4) is 0 Å².